The Morgan fingerprint density at radius 2 is 2.19 bits per heavy atom. The summed E-state index contributed by atoms with van der Waals surface area (Å²) in [4.78, 5) is 24.7. The zero-order valence-corrected chi connectivity index (χ0v) is 11.5. The van der Waals surface area contributed by atoms with Crippen LogP contribution in [0.25, 0.3) is 0 Å². The SMILES string of the molecule is O=C1Cc2cc([N+](=O)[O-])c(N3CC[C@H]4CNC[C@H]43)cc2N1. The smallest absolute Gasteiger partial charge is 0.292 e. The van der Waals surface area contributed by atoms with Gasteiger partial charge in [-0.25, -0.2) is 0 Å². The lowest BCUT2D eigenvalue weighted by Crippen LogP contribution is -2.34. The Hall–Kier alpha value is -2.15. The summed E-state index contributed by atoms with van der Waals surface area (Å²) in [6.07, 6.45) is 1.28. The van der Waals surface area contributed by atoms with Crippen LogP contribution in [0.3, 0.4) is 0 Å². The number of nitro benzene ring substituents is 1. The first kappa shape index (κ1) is 12.6. The summed E-state index contributed by atoms with van der Waals surface area (Å²) < 4.78 is 0. The molecule has 110 valence electrons. The lowest BCUT2D eigenvalue weighted by Gasteiger charge is -2.25. The van der Waals surface area contributed by atoms with E-state index in [2.05, 4.69) is 15.5 Å². The molecule has 2 atom stereocenters. The van der Waals surface area contributed by atoms with Crippen LogP contribution in [0.5, 0.6) is 0 Å². The van der Waals surface area contributed by atoms with E-state index in [0.717, 1.165) is 37.3 Å². The average Bonchev–Trinajstić information content (AvgIpc) is 3.09. The zero-order chi connectivity index (χ0) is 14.6. The first-order valence-corrected chi connectivity index (χ1v) is 7.22. The van der Waals surface area contributed by atoms with Crippen LogP contribution < -0.4 is 15.5 Å². The van der Waals surface area contributed by atoms with Crippen molar-refractivity contribution in [2.45, 2.75) is 18.9 Å². The number of hydrogen-bond donors (Lipinski definition) is 2. The van der Waals surface area contributed by atoms with Gasteiger partial charge in [-0.05, 0) is 24.0 Å². The number of anilines is 2. The molecule has 0 aromatic heterocycles. The average molecular weight is 288 g/mol. The molecule has 7 heteroatoms. The molecular formula is C14H16N4O3. The minimum Gasteiger partial charge on any atom is -0.361 e. The molecule has 21 heavy (non-hydrogen) atoms. The number of nitrogens with zero attached hydrogens (tertiary/aromatic N) is 2. The van der Waals surface area contributed by atoms with Gasteiger partial charge in [0.1, 0.15) is 5.69 Å². The van der Waals surface area contributed by atoms with Crippen molar-refractivity contribution in [2.24, 2.45) is 5.92 Å². The molecule has 2 saturated heterocycles. The van der Waals surface area contributed by atoms with Crippen LogP contribution in [0.2, 0.25) is 0 Å². The van der Waals surface area contributed by atoms with E-state index in [9.17, 15) is 14.9 Å². The van der Waals surface area contributed by atoms with E-state index in [0.29, 0.717) is 17.6 Å². The minimum absolute atomic E-state index is 0.0988. The van der Waals surface area contributed by atoms with Crippen molar-refractivity contribution in [1.29, 1.82) is 0 Å². The van der Waals surface area contributed by atoms with E-state index in [1.807, 2.05) is 0 Å². The van der Waals surface area contributed by atoms with Crippen LogP contribution in [-0.4, -0.2) is 36.5 Å². The van der Waals surface area contributed by atoms with Gasteiger partial charge >= 0.3 is 0 Å². The number of carbonyl (C=O) groups is 1. The monoisotopic (exact) mass is 288 g/mol. The van der Waals surface area contributed by atoms with Crippen molar-refractivity contribution < 1.29 is 9.72 Å². The molecule has 2 fully saturated rings. The highest BCUT2D eigenvalue weighted by Gasteiger charge is 2.40. The maximum Gasteiger partial charge on any atom is 0.292 e. The van der Waals surface area contributed by atoms with Gasteiger partial charge in [-0.2, -0.15) is 0 Å². The molecule has 0 aliphatic carbocycles. The Morgan fingerprint density at radius 3 is 3.00 bits per heavy atom. The summed E-state index contributed by atoms with van der Waals surface area (Å²) in [5, 5.41) is 17.5. The molecule has 0 unspecified atom stereocenters. The third-order valence-corrected chi connectivity index (χ3v) is 4.78. The molecule has 2 N–H and O–H groups in total. The van der Waals surface area contributed by atoms with Gasteiger partial charge in [0.25, 0.3) is 5.69 Å². The Bertz CT molecular complexity index is 645. The standard InChI is InChI=1S/C14H16N4O3/c19-14-4-9-3-12(18(20)21)11(5-10(9)16-14)17-2-1-8-6-15-7-13(8)17/h3,5,8,13,15H,1-2,4,6-7H2,(H,16,19)/t8-,13+/m0/s1. The highest BCUT2D eigenvalue weighted by atomic mass is 16.6. The number of nitrogens with one attached hydrogen (secondary N) is 2. The van der Waals surface area contributed by atoms with E-state index < -0.39 is 0 Å². The Kier molecular flexibility index (Phi) is 2.65. The number of rotatable bonds is 2. The maximum atomic E-state index is 11.5. The van der Waals surface area contributed by atoms with Gasteiger partial charge in [-0.1, -0.05) is 0 Å². The number of nitro groups is 1. The topological polar surface area (TPSA) is 87.5 Å². The predicted molar refractivity (Wildman–Crippen MR) is 77.5 cm³/mol. The summed E-state index contributed by atoms with van der Waals surface area (Å²) >= 11 is 0. The second kappa shape index (κ2) is 4.42. The van der Waals surface area contributed by atoms with E-state index in [1.54, 1.807) is 12.1 Å². The fourth-order valence-corrected chi connectivity index (χ4v) is 3.77. The molecule has 0 radical (unpaired) electrons. The van der Waals surface area contributed by atoms with Crippen molar-refractivity contribution in [3.63, 3.8) is 0 Å². The summed E-state index contributed by atoms with van der Waals surface area (Å²) in [6, 6.07) is 3.65. The zero-order valence-electron chi connectivity index (χ0n) is 11.5. The highest BCUT2D eigenvalue weighted by molar-refractivity contribution is 6.00. The van der Waals surface area contributed by atoms with Crippen LogP contribution in [0.15, 0.2) is 12.1 Å². The summed E-state index contributed by atoms with van der Waals surface area (Å²) in [5.41, 5.74) is 2.18. The van der Waals surface area contributed by atoms with E-state index >= 15 is 0 Å². The lowest BCUT2D eigenvalue weighted by atomic mass is 10.0. The lowest BCUT2D eigenvalue weighted by molar-refractivity contribution is -0.384. The van der Waals surface area contributed by atoms with E-state index in [4.69, 9.17) is 0 Å². The molecule has 0 spiro atoms. The van der Waals surface area contributed by atoms with E-state index in [-0.39, 0.29) is 22.9 Å². The molecule has 0 saturated carbocycles. The quantitative estimate of drug-likeness (QED) is 0.623. The summed E-state index contributed by atoms with van der Waals surface area (Å²) in [6.45, 7) is 2.69. The third kappa shape index (κ3) is 1.88. The molecular weight excluding hydrogens is 272 g/mol. The predicted octanol–water partition coefficient (Wildman–Crippen LogP) is 0.887. The molecule has 3 aliphatic rings. The maximum absolute atomic E-state index is 11.5. The Balaban J connectivity index is 1.79. The van der Waals surface area contributed by atoms with Gasteiger partial charge in [0, 0.05) is 37.4 Å². The second-order valence-electron chi connectivity index (χ2n) is 5.95. The van der Waals surface area contributed by atoms with Gasteiger partial charge in [0.15, 0.2) is 0 Å². The first-order valence-electron chi connectivity index (χ1n) is 7.22. The molecule has 1 aromatic carbocycles. The normalized spacial score (nSPS) is 26.7. The van der Waals surface area contributed by atoms with Gasteiger partial charge in [-0.15, -0.1) is 0 Å². The number of fused-ring (bicyclic) bond motifs is 2. The van der Waals surface area contributed by atoms with Crippen LogP contribution in [-0.2, 0) is 11.2 Å². The fourth-order valence-electron chi connectivity index (χ4n) is 3.77. The summed E-state index contributed by atoms with van der Waals surface area (Å²) in [7, 11) is 0. The number of carbonyl (C=O) groups excluding carboxylic acids is 1. The minimum atomic E-state index is -0.339. The second-order valence-corrected chi connectivity index (χ2v) is 5.95. The number of benzene rings is 1. The van der Waals surface area contributed by atoms with Gasteiger partial charge in [0.2, 0.25) is 5.91 Å². The molecule has 0 bridgehead atoms. The largest absolute Gasteiger partial charge is 0.361 e. The number of amides is 1. The molecule has 3 heterocycles. The van der Waals surface area contributed by atoms with Crippen LogP contribution in [0.1, 0.15) is 12.0 Å². The highest BCUT2D eigenvalue weighted by Crippen LogP contribution is 2.41. The van der Waals surface area contributed by atoms with Gasteiger partial charge in [-0.3, -0.25) is 14.9 Å². The molecule has 7 nitrogen and oxygen atoms in total. The molecule has 1 amide bonds. The summed E-state index contributed by atoms with van der Waals surface area (Å²) in [5.74, 6) is 0.464. The molecule has 4 rings (SSSR count). The van der Waals surface area contributed by atoms with Crippen molar-refractivity contribution in [2.75, 3.05) is 29.9 Å². The molecule has 1 aromatic rings. The van der Waals surface area contributed by atoms with Crippen molar-refractivity contribution in [3.8, 4) is 0 Å². The van der Waals surface area contributed by atoms with Crippen LogP contribution in [0.4, 0.5) is 17.1 Å². The van der Waals surface area contributed by atoms with Crippen LogP contribution in [0, 0.1) is 16.0 Å². The van der Waals surface area contributed by atoms with Crippen molar-refractivity contribution in [1.82, 2.24) is 5.32 Å². The number of hydrogen-bond acceptors (Lipinski definition) is 5. The Labute approximate surface area is 121 Å². The van der Waals surface area contributed by atoms with E-state index in [1.165, 1.54) is 0 Å². The fraction of sp³-hybridized carbons (Fsp3) is 0.500. The first-order chi connectivity index (χ1) is 10.1. The Morgan fingerprint density at radius 1 is 1.33 bits per heavy atom. The van der Waals surface area contributed by atoms with Gasteiger partial charge in [0.05, 0.1) is 11.3 Å². The van der Waals surface area contributed by atoms with Crippen LogP contribution >= 0.6 is 0 Å². The van der Waals surface area contributed by atoms with Crippen molar-refractivity contribution >= 4 is 23.0 Å². The van der Waals surface area contributed by atoms with Gasteiger partial charge < -0.3 is 15.5 Å². The van der Waals surface area contributed by atoms with Crippen molar-refractivity contribution in [3.05, 3.63) is 27.8 Å². The third-order valence-electron chi connectivity index (χ3n) is 4.78. The molecule has 3 aliphatic heterocycles.